The van der Waals surface area contributed by atoms with Crippen molar-refractivity contribution in [2.75, 3.05) is 46.3 Å². The summed E-state index contributed by atoms with van der Waals surface area (Å²) < 4.78 is 18.4. The molecule has 1 saturated heterocycles. The Morgan fingerprint density at radius 2 is 1.94 bits per heavy atom. The van der Waals surface area contributed by atoms with E-state index < -0.39 is 0 Å². The van der Waals surface area contributed by atoms with Crippen LogP contribution in [-0.4, -0.2) is 76.8 Å². The van der Waals surface area contributed by atoms with Crippen LogP contribution < -0.4 is 9.47 Å². The first-order valence-corrected chi connectivity index (χ1v) is 11.9. The third kappa shape index (κ3) is 4.22. The van der Waals surface area contributed by atoms with Crippen molar-refractivity contribution in [3.8, 4) is 28.6 Å². The Morgan fingerprint density at radius 3 is 2.74 bits per heavy atom. The van der Waals surface area contributed by atoms with Crippen LogP contribution in [0.15, 0.2) is 53.8 Å². The highest BCUT2D eigenvalue weighted by molar-refractivity contribution is 7.99. The van der Waals surface area contributed by atoms with Gasteiger partial charge >= 0.3 is 0 Å². The molecule has 0 aliphatic carbocycles. The van der Waals surface area contributed by atoms with Gasteiger partial charge in [0.2, 0.25) is 5.91 Å². The molecule has 1 fully saturated rings. The van der Waals surface area contributed by atoms with Crippen LogP contribution in [0.5, 0.6) is 11.5 Å². The number of fused-ring (bicyclic) bond motifs is 1. The Bertz CT molecular complexity index is 1310. The maximum absolute atomic E-state index is 12.8. The van der Waals surface area contributed by atoms with Gasteiger partial charge in [-0.3, -0.25) is 9.36 Å². The number of methoxy groups -OCH3 is 2. The minimum Gasteiger partial charge on any atom is -0.497 e. The van der Waals surface area contributed by atoms with Gasteiger partial charge in [0.15, 0.2) is 11.0 Å². The molecule has 4 aromatic rings. The molecule has 5 rings (SSSR count). The first-order valence-electron chi connectivity index (χ1n) is 10.9. The molecule has 10 heteroatoms. The average Bonchev–Trinajstić information content (AvgIpc) is 3.51. The standard InChI is InChI=1S/C24H25N5O4S/c1-31-16-7-8-21(32-2)20(13-16)29-23(18-14-25-19-6-4-3-5-17(18)19)26-27-24(29)34-15-22(30)28-9-11-33-12-10-28/h3-8,13-14,25H,9-12,15H2,1-2H3. The fourth-order valence-corrected chi connectivity index (χ4v) is 4.86. The fraction of sp³-hybridized carbons (Fsp3) is 0.292. The van der Waals surface area contributed by atoms with E-state index in [1.54, 1.807) is 14.2 Å². The van der Waals surface area contributed by atoms with E-state index in [0.717, 1.165) is 22.2 Å². The highest BCUT2D eigenvalue weighted by atomic mass is 32.2. The van der Waals surface area contributed by atoms with Crippen molar-refractivity contribution in [3.05, 3.63) is 48.7 Å². The summed E-state index contributed by atoms with van der Waals surface area (Å²) in [6.07, 6.45) is 1.92. The van der Waals surface area contributed by atoms with E-state index in [2.05, 4.69) is 15.2 Å². The number of aromatic amines is 1. The van der Waals surface area contributed by atoms with Crippen molar-refractivity contribution in [1.29, 1.82) is 0 Å². The maximum atomic E-state index is 12.8. The minimum atomic E-state index is 0.0501. The second-order valence-electron chi connectivity index (χ2n) is 7.71. The number of benzene rings is 2. The molecule has 1 N–H and O–H groups in total. The molecule has 9 nitrogen and oxygen atoms in total. The van der Waals surface area contributed by atoms with Gasteiger partial charge in [0.25, 0.3) is 0 Å². The van der Waals surface area contributed by atoms with Crippen LogP contribution in [0.1, 0.15) is 0 Å². The number of morpholine rings is 1. The minimum absolute atomic E-state index is 0.0501. The van der Waals surface area contributed by atoms with Gasteiger partial charge in [-0.2, -0.15) is 0 Å². The molecule has 176 valence electrons. The third-order valence-electron chi connectivity index (χ3n) is 5.78. The van der Waals surface area contributed by atoms with Crippen molar-refractivity contribution in [2.45, 2.75) is 5.16 Å². The lowest BCUT2D eigenvalue weighted by molar-refractivity contribution is -0.132. The first kappa shape index (κ1) is 22.3. The summed E-state index contributed by atoms with van der Waals surface area (Å²) in [6.45, 7) is 2.35. The number of nitrogens with one attached hydrogen (secondary N) is 1. The van der Waals surface area contributed by atoms with E-state index in [4.69, 9.17) is 14.2 Å². The molecule has 0 radical (unpaired) electrons. The van der Waals surface area contributed by atoms with Crippen LogP contribution in [0, 0.1) is 0 Å². The number of ether oxygens (including phenoxy) is 3. The van der Waals surface area contributed by atoms with Gasteiger partial charge in [-0.25, -0.2) is 0 Å². The molecule has 1 amide bonds. The molecule has 0 unspecified atom stereocenters. The number of hydrogen-bond donors (Lipinski definition) is 1. The number of H-pyrrole nitrogens is 1. The molecular formula is C24H25N5O4S. The summed E-state index contributed by atoms with van der Waals surface area (Å²) in [6, 6.07) is 13.6. The topological polar surface area (TPSA) is 94.5 Å². The van der Waals surface area contributed by atoms with Crippen LogP contribution in [0.4, 0.5) is 0 Å². The molecule has 0 atom stereocenters. The van der Waals surface area contributed by atoms with Gasteiger partial charge < -0.3 is 24.1 Å². The molecule has 2 aromatic carbocycles. The van der Waals surface area contributed by atoms with Crippen molar-refractivity contribution in [2.24, 2.45) is 0 Å². The lowest BCUT2D eigenvalue weighted by atomic mass is 10.1. The SMILES string of the molecule is COc1ccc(OC)c(-n2c(SCC(=O)N3CCOCC3)nnc2-c2c[nH]c3ccccc23)c1. The first-order chi connectivity index (χ1) is 16.7. The van der Waals surface area contributed by atoms with Crippen molar-refractivity contribution in [3.63, 3.8) is 0 Å². The molecule has 0 spiro atoms. The largest absolute Gasteiger partial charge is 0.497 e. The number of amides is 1. The van der Waals surface area contributed by atoms with Crippen molar-refractivity contribution >= 4 is 28.6 Å². The highest BCUT2D eigenvalue weighted by Gasteiger charge is 2.24. The summed E-state index contributed by atoms with van der Waals surface area (Å²) in [5, 5.41) is 10.6. The summed E-state index contributed by atoms with van der Waals surface area (Å²) >= 11 is 1.35. The van der Waals surface area contributed by atoms with Crippen LogP contribution in [-0.2, 0) is 9.53 Å². The predicted molar refractivity (Wildman–Crippen MR) is 130 cm³/mol. The summed E-state index contributed by atoms with van der Waals surface area (Å²) in [7, 11) is 3.24. The molecule has 0 saturated carbocycles. The zero-order valence-corrected chi connectivity index (χ0v) is 19.8. The Balaban J connectivity index is 1.58. The van der Waals surface area contributed by atoms with Gasteiger partial charge in [-0.1, -0.05) is 30.0 Å². The smallest absolute Gasteiger partial charge is 0.233 e. The molecular weight excluding hydrogens is 454 g/mol. The monoisotopic (exact) mass is 479 g/mol. The Kier molecular flexibility index (Phi) is 6.41. The Labute approximate surface area is 201 Å². The van der Waals surface area contributed by atoms with E-state index >= 15 is 0 Å². The Hall–Kier alpha value is -3.50. The van der Waals surface area contributed by atoms with Gasteiger partial charge in [0.1, 0.15) is 11.5 Å². The number of aromatic nitrogens is 4. The van der Waals surface area contributed by atoms with Gasteiger partial charge in [0, 0.05) is 41.8 Å². The number of hydrogen-bond acceptors (Lipinski definition) is 7. The number of thioether (sulfide) groups is 1. The second-order valence-corrected chi connectivity index (χ2v) is 8.65. The number of rotatable bonds is 7. The molecule has 1 aliphatic rings. The molecule has 34 heavy (non-hydrogen) atoms. The zero-order chi connectivity index (χ0) is 23.5. The molecule has 1 aliphatic heterocycles. The molecule has 2 aromatic heterocycles. The normalized spacial score (nSPS) is 13.9. The van der Waals surface area contributed by atoms with Crippen LogP contribution >= 0.6 is 11.8 Å². The van der Waals surface area contributed by atoms with E-state index in [1.807, 2.05) is 58.1 Å². The summed E-state index contributed by atoms with van der Waals surface area (Å²) in [5.74, 6) is 2.26. The quantitative estimate of drug-likeness (QED) is 0.406. The van der Waals surface area contributed by atoms with Crippen LogP contribution in [0.2, 0.25) is 0 Å². The summed E-state index contributed by atoms with van der Waals surface area (Å²) in [4.78, 5) is 17.9. The highest BCUT2D eigenvalue weighted by Crippen LogP contribution is 2.37. The Morgan fingerprint density at radius 1 is 1.12 bits per heavy atom. The van der Waals surface area contributed by atoms with Crippen LogP contribution in [0.25, 0.3) is 28.0 Å². The zero-order valence-electron chi connectivity index (χ0n) is 19.0. The van der Waals surface area contributed by atoms with Crippen LogP contribution in [0.3, 0.4) is 0 Å². The summed E-state index contributed by atoms with van der Waals surface area (Å²) in [5.41, 5.74) is 2.63. The average molecular weight is 480 g/mol. The fourth-order valence-electron chi connectivity index (χ4n) is 4.01. The molecule has 3 heterocycles. The predicted octanol–water partition coefficient (Wildman–Crippen LogP) is 3.38. The van der Waals surface area contributed by atoms with Gasteiger partial charge in [-0.05, 0) is 18.2 Å². The van der Waals surface area contributed by atoms with E-state index in [0.29, 0.717) is 48.8 Å². The second kappa shape index (κ2) is 9.78. The number of carbonyl (C=O) groups excluding carboxylic acids is 1. The van der Waals surface area contributed by atoms with Gasteiger partial charge in [-0.15, -0.1) is 10.2 Å². The number of para-hydroxylation sites is 1. The van der Waals surface area contributed by atoms with Crippen molar-refractivity contribution in [1.82, 2.24) is 24.6 Å². The lowest BCUT2D eigenvalue weighted by Gasteiger charge is -2.26. The molecule has 0 bridgehead atoms. The number of nitrogens with zero attached hydrogens (tertiary/aromatic N) is 4. The van der Waals surface area contributed by atoms with Crippen molar-refractivity contribution < 1.29 is 19.0 Å². The lowest BCUT2D eigenvalue weighted by Crippen LogP contribution is -2.41. The van der Waals surface area contributed by atoms with E-state index in [1.165, 1.54) is 11.8 Å². The van der Waals surface area contributed by atoms with E-state index in [9.17, 15) is 4.79 Å². The maximum Gasteiger partial charge on any atom is 0.233 e. The van der Waals surface area contributed by atoms with Gasteiger partial charge in [0.05, 0.1) is 38.9 Å². The third-order valence-corrected chi connectivity index (χ3v) is 6.69. The number of carbonyl (C=O) groups is 1. The van der Waals surface area contributed by atoms with E-state index in [-0.39, 0.29) is 11.7 Å².